The third-order valence-corrected chi connectivity index (χ3v) is 13.3. The van der Waals surface area contributed by atoms with Crippen molar-refractivity contribution in [3.8, 4) is 34.2 Å². The lowest BCUT2D eigenvalue weighted by Crippen LogP contribution is -2.12. The fourth-order valence-corrected chi connectivity index (χ4v) is 9.13. The average molecular weight is 885 g/mol. The quantitative estimate of drug-likeness (QED) is 0.113. The van der Waals surface area contributed by atoms with Crippen molar-refractivity contribution >= 4 is 40.9 Å². The minimum atomic E-state index is -4.45. The molecule has 9 rings (SSSR count). The highest BCUT2D eigenvalue weighted by Gasteiger charge is 2.31. The van der Waals surface area contributed by atoms with E-state index in [0.29, 0.717) is 17.5 Å². The van der Waals surface area contributed by atoms with Gasteiger partial charge in [-0.25, -0.2) is 19.5 Å². The molecule has 3 heterocycles. The fraction of sp³-hybridized carbons (Fsp3) is 0.278. The van der Waals surface area contributed by atoms with Crippen LogP contribution in [0, 0.1) is 0 Å². The number of nitrogens with zero attached hydrogens (tertiary/aromatic N) is 6. The molecule has 9 aromatic rings. The molecule has 0 bridgehead atoms. The third-order valence-electron chi connectivity index (χ3n) is 12.0. The molecule has 3 aromatic heterocycles. The molecule has 0 radical (unpaired) electrons. The van der Waals surface area contributed by atoms with Gasteiger partial charge in [0, 0.05) is 16.7 Å². The molecule has 6 aromatic carbocycles. The SMILES string of the molecule is CC(C)(C)c1ccc(-c2nc3ccccc3n2COP(=O)(OCn2c(-c3ccc(C(C)(C)C)cc3)nc3ccccc32)OCn2c(-c3ccc(C(C)(C)C)cc3)nc3ccccc32)cc1. The van der Waals surface area contributed by atoms with Crippen molar-refractivity contribution < 1.29 is 18.1 Å². The summed E-state index contributed by atoms with van der Waals surface area (Å²) in [5, 5.41) is 0. The van der Waals surface area contributed by atoms with Crippen LogP contribution in [0.1, 0.15) is 79.0 Å². The Hall–Kier alpha value is -6.16. The lowest BCUT2D eigenvalue weighted by Gasteiger charge is -2.22. The Kier molecular flexibility index (Phi) is 11.5. The topological polar surface area (TPSA) is 98.2 Å². The highest BCUT2D eigenvalue weighted by molar-refractivity contribution is 7.48. The maximum Gasteiger partial charge on any atom is 0.480 e. The van der Waals surface area contributed by atoms with Crippen molar-refractivity contribution in [3.63, 3.8) is 0 Å². The Bertz CT molecular complexity index is 2840. The van der Waals surface area contributed by atoms with Crippen molar-refractivity contribution in [2.45, 2.75) is 98.8 Å². The summed E-state index contributed by atoms with van der Waals surface area (Å²) in [6, 6.07) is 48.8. The molecule has 11 heteroatoms. The second-order valence-corrected chi connectivity index (χ2v) is 21.4. The first-order valence-electron chi connectivity index (χ1n) is 22.2. The summed E-state index contributed by atoms with van der Waals surface area (Å²) in [4.78, 5) is 15.1. The van der Waals surface area contributed by atoms with Gasteiger partial charge in [0.25, 0.3) is 0 Å². The van der Waals surface area contributed by atoms with Gasteiger partial charge in [0.1, 0.15) is 37.7 Å². The molecule has 0 aliphatic rings. The number of para-hydroxylation sites is 6. The molecule has 65 heavy (non-hydrogen) atoms. The second kappa shape index (κ2) is 17.0. The van der Waals surface area contributed by atoms with Crippen LogP contribution < -0.4 is 0 Å². The van der Waals surface area contributed by atoms with Crippen LogP contribution in [0.4, 0.5) is 0 Å². The molecule has 0 aliphatic carbocycles. The molecular weight excluding hydrogens is 828 g/mol. The van der Waals surface area contributed by atoms with E-state index in [4.69, 9.17) is 28.5 Å². The van der Waals surface area contributed by atoms with Gasteiger partial charge < -0.3 is 0 Å². The predicted molar refractivity (Wildman–Crippen MR) is 262 cm³/mol. The summed E-state index contributed by atoms with van der Waals surface area (Å²) >= 11 is 0. The summed E-state index contributed by atoms with van der Waals surface area (Å²) in [6.45, 7) is 19.2. The van der Waals surface area contributed by atoms with Gasteiger partial charge in [0.2, 0.25) is 0 Å². The smallest absolute Gasteiger partial charge is 0.299 e. The summed E-state index contributed by atoms with van der Waals surface area (Å²) < 4.78 is 40.8. The summed E-state index contributed by atoms with van der Waals surface area (Å²) in [6.07, 6.45) is 0. The molecule has 0 atom stereocenters. The summed E-state index contributed by atoms with van der Waals surface area (Å²) in [5.41, 5.74) is 11.0. The lowest BCUT2D eigenvalue weighted by molar-refractivity contribution is 0.0574. The highest BCUT2D eigenvalue weighted by atomic mass is 31.2. The van der Waals surface area contributed by atoms with Crippen molar-refractivity contribution in [2.75, 3.05) is 0 Å². The fourth-order valence-electron chi connectivity index (χ4n) is 8.13. The van der Waals surface area contributed by atoms with Gasteiger partial charge in [0.05, 0.1) is 33.1 Å². The van der Waals surface area contributed by atoms with Crippen molar-refractivity contribution in [2.24, 2.45) is 0 Å². The van der Waals surface area contributed by atoms with Crippen LogP contribution in [-0.2, 0) is 54.6 Å². The van der Waals surface area contributed by atoms with E-state index >= 15 is 4.57 Å². The normalized spacial score (nSPS) is 12.8. The zero-order valence-electron chi connectivity index (χ0n) is 38.7. The molecule has 0 saturated carbocycles. The summed E-state index contributed by atoms with van der Waals surface area (Å²) in [5.74, 6) is 2.00. The van der Waals surface area contributed by atoms with Crippen LogP contribution in [0.5, 0.6) is 0 Å². The largest absolute Gasteiger partial charge is 0.480 e. The first-order chi connectivity index (χ1) is 30.9. The minimum absolute atomic E-state index is 0.0181. The van der Waals surface area contributed by atoms with E-state index in [1.165, 1.54) is 16.7 Å². The average Bonchev–Trinajstić information content (AvgIpc) is 3.98. The third kappa shape index (κ3) is 9.09. The molecule has 0 spiro atoms. The van der Waals surface area contributed by atoms with Gasteiger partial charge >= 0.3 is 7.82 Å². The number of benzene rings is 6. The van der Waals surface area contributed by atoms with E-state index < -0.39 is 7.82 Å². The Balaban J connectivity index is 1.10. The Labute approximate surface area is 381 Å². The maximum atomic E-state index is 15.5. The monoisotopic (exact) mass is 884 g/mol. The second-order valence-electron chi connectivity index (χ2n) is 19.8. The summed E-state index contributed by atoms with van der Waals surface area (Å²) in [7, 11) is -4.45. The number of hydrogen-bond donors (Lipinski definition) is 0. The standard InChI is InChI=1S/C54H57N6O4P/c1-52(2,3)40-28-22-37(23-29-40)49-55-43-16-10-13-19-46(43)58(49)34-62-65(61,63-35-59-47-20-14-11-17-44(47)56-50(59)38-24-30-41(31-25-38)53(4,5)6)64-36-60-48-21-15-12-18-45(48)57-51(60)39-26-32-42(33-27-39)54(7,8)9/h10-33H,34-36H2,1-9H3. The number of imidazole rings is 3. The minimum Gasteiger partial charge on any atom is -0.299 e. The molecule has 0 fully saturated rings. The van der Waals surface area contributed by atoms with Crippen LogP contribution in [0.25, 0.3) is 67.3 Å². The predicted octanol–water partition coefficient (Wildman–Crippen LogP) is 14.1. The number of phosphoric acid groups is 1. The number of hydrogen-bond acceptors (Lipinski definition) is 7. The van der Waals surface area contributed by atoms with Crippen LogP contribution in [0.15, 0.2) is 146 Å². The molecule has 0 N–H and O–H groups in total. The zero-order valence-corrected chi connectivity index (χ0v) is 39.6. The van der Waals surface area contributed by atoms with Crippen LogP contribution in [0.2, 0.25) is 0 Å². The van der Waals surface area contributed by atoms with E-state index in [0.717, 1.165) is 49.8 Å². The van der Waals surface area contributed by atoms with Crippen molar-refractivity contribution in [1.29, 1.82) is 0 Å². The van der Waals surface area contributed by atoms with E-state index in [-0.39, 0.29) is 36.4 Å². The van der Waals surface area contributed by atoms with Gasteiger partial charge in [-0.05, 0) is 69.3 Å². The number of fused-ring (bicyclic) bond motifs is 3. The highest BCUT2D eigenvalue weighted by Crippen LogP contribution is 2.52. The number of phosphoric ester groups is 1. The van der Waals surface area contributed by atoms with Crippen LogP contribution >= 0.6 is 7.82 Å². The number of aromatic nitrogens is 6. The first kappa shape index (κ1) is 44.1. The molecule has 332 valence electrons. The Morgan fingerprint density at radius 3 is 0.877 bits per heavy atom. The van der Waals surface area contributed by atoms with E-state index in [2.05, 4.69) is 135 Å². The Morgan fingerprint density at radius 2 is 0.631 bits per heavy atom. The zero-order chi connectivity index (χ0) is 45.7. The van der Waals surface area contributed by atoms with Crippen molar-refractivity contribution in [1.82, 2.24) is 28.7 Å². The molecular formula is C54H57N6O4P. The van der Waals surface area contributed by atoms with Gasteiger partial charge in [-0.1, -0.05) is 172 Å². The van der Waals surface area contributed by atoms with Crippen LogP contribution in [-0.4, -0.2) is 28.7 Å². The molecule has 10 nitrogen and oxygen atoms in total. The van der Waals surface area contributed by atoms with Gasteiger partial charge in [-0.15, -0.1) is 0 Å². The molecule has 0 unspecified atom stereocenters. The Morgan fingerprint density at radius 1 is 0.385 bits per heavy atom. The lowest BCUT2D eigenvalue weighted by atomic mass is 9.86. The van der Waals surface area contributed by atoms with Gasteiger partial charge in [-0.3, -0.25) is 27.3 Å². The van der Waals surface area contributed by atoms with E-state index in [9.17, 15) is 0 Å². The van der Waals surface area contributed by atoms with E-state index in [1.807, 2.05) is 86.5 Å². The van der Waals surface area contributed by atoms with Gasteiger partial charge in [0.15, 0.2) is 0 Å². The van der Waals surface area contributed by atoms with E-state index in [1.54, 1.807) is 0 Å². The molecule has 0 amide bonds. The van der Waals surface area contributed by atoms with Gasteiger partial charge in [-0.2, -0.15) is 0 Å². The number of rotatable bonds is 12. The van der Waals surface area contributed by atoms with Crippen LogP contribution in [0.3, 0.4) is 0 Å². The molecule has 0 saturated heterocycles. The maximum absolute atomic E-state index is 15.5. The van der Waals surface area contributed by atoms with Crippen molar-refractivity contribution in [3.05, 3.63) is 162 Å². The first-order valence-corrected chi connectivity index (χ1v) is 23.6. The molecule has 0 aliphatic heterocycles.